The molecule has 0 fully saturated rings. The lowest BCUT2D eigenvalue weighted by molar-refractivity contribution is 0.580. The Hall–Kier alpha value is -0.890. The third-order valence-electron chi connectivity index (χ3n) is 1.80. The van der Waals surface area contributed by atoms with E-state index in [0.717, 1.165) is 12.2 Å². The summed E-state index contributed by atoms with van der Waals surface area (Å²) in [6, 6.07) is 4.57. The van der Waals surface area contributed by atoms with Crippen molar-refractivity contribution in [2.45, 2.75) is 33.4 Å². The zero-order valence-electron chi connectivity index (χ0n) is 7.96. The first kappa shape index (κ1) is 9.20. The van der Waals surface area contributed by atoms with E-state index < -0.39 is 0 Å². The summed E-state index contributed by atoms with van der Waals surface area (Å²) >= 11 is 0. The van der Waals surface area contributed by atoms with Gasteiger partial charge in [-0.15, -0.1) is 0 Å². The summed E-state index contributed by atoms with van der Waals surface area (Å²) in [6.07, 6.45) is 1.84. The minimum atomic E-state index is 0.520. The van der Waals surface area contributed by atoms with Gasteiger partial charge >= 0.3 is 0 Å². The number of aryl methyl sites for hydroxylation is 1. The molecule has 0 amide bonds. The summed E-state index contributed by atoms with van der Waals surface area (Å²) in [4.78, 5) is 4.29. The SMILES string of the molecule is Cc1cccnc1CNC(C)C. The number of aromatic nitrogens is 1. The Morgan fingerprint density at radius 1 is 1.50 bits per heavy atom. The Morgan fingerprint density at radius 2 is 2.25 bits per heavy atom. The van der Waals surface area contributed by atoms with Crippen LogP contribution in [0.25, 0.3) is 0 Å². The van der Waals surface area contributed by atoms with Crippen LogP contribution < -0.4 is 5.32 Å². The predicted molar refractivity (Wildman–Crippen MR) is 50.9 cm³/mol. The zero-order valence-corrected chi connectivity index (χ0v) is 7.96. The molecule has 0 spiro atoms. The van der Waals surface area contributed by atoms with E-state index in [4.69, 9.17) is 0 Å². The van der Waals surface area contributed by atoms with Crippen LogP contribution in [-0.2, 0) is 6.54 Å². The van der Waals surface area contributed by atoms with Gasteiger partial charge in [0.25, 0.3) is 0 Å². The molecule has 0 saturated heterocycles. The molecule has 2 nitrogen and oxygen atoms in total. The second-order valence-corrected chi connectivity index (χ2v) is 3.30. The van der Waals surface area contributed by atoms with Crippen LogP contribution in [0.2, 0.25) is 0 Å². The average molecular weight is 164 g/mol. The Kier molecular flexibility index (Phi) is 3.23. The molecular weight excluding hydrogens is 148 g/mol. The van der Waals surface area contributed by atoms with Gasteiger partial charge < -0.3 is 5.32 Å². The number of pyridine rings is 1. The number of nitrogens with zero attached hydrogens (tertiary/aromatic N) is 1. The van der Waals surface area contributed by atoms with Gasteiger partial charge in [-0.1, -0.05) is 19.9 Å². The maximum Gasteiger partial charge on any atom is 0.0570 e. The fourth-order valence-corrected chi connectivity index (χ4v) is 1.00. The quantitative estimate of drug-likeness (QED) is 0.738. The first-order valence-corrected chi connectivity index (χ1v) is 4.34. The topological polar surface area (TPSA) is 24.9 Å². The fourth-order valence-electron chi connectivity index (χ4n) is 1.00. The molecule has 0 aliphatic rings. The number of rotatable bonds is 3. The average Bonchev–Trinajstić information content (AvgIpc) is 2.03. The molecular formula is C10H16N2. The van der Waals surface area contributed by atoms with Gasteiger partial charge in [0.15, 0.2) is 0 Å². The minimum Gasteiger partial charge on any atom is -0.309 e. The summed E-state index contributed by atoms with van der Waals surface area (Å²) in [5.41, 5.74) is 2.40. The molecule has 1 rings (SSSR count). The molecule has 2 heteroatoms. The molecule has 66 valence electrons. The Labute approximate surface area is 74.0 Å². The highest BCUT2D eigenvalue weighted by Gasteiger charge is 1.98. The molecule has 0 atom stereocenters. The van der Waals surface area contributed by atoms with Crippen molar-refractivity contribution in [1.29, 1.82) is 0 Å². The highest BCUT2D eigenvalue weighted by molar-refractivity contribution is 5.17. The third-order valence-corrected chi connectivity index (χ3v) is 1.80. The van der Waals surface area contributed by atoms with Crippen LogP contribution in [0.5, 0.6) is 0 Å². The second kappa shape index (κ2) is 4.21. The van der Waals surface area contributed by atoms with Crippen molar-refractivity contribution in [3.8, 4) is 0 Å². The van der Waals surface area contributed by atoms with Gasteiger partial charge in [-0.05, 0) is 18.6 Å². The maximum absolute atomic E-state index is 4.29. The molecule has 0 saturated carbocycles. The molecule has 1 N–H and O–H groups in total. The smallest absolute Gasteiger partial charge is 0.0570 e. The Balaban J connectivity index is 2.57. The van der Waals surface area contributed by atoms with E-state index in [9.17, 15) is 0 Å². The molecule has 0 aromatic carbocycles. The van der Waals surface area contributed by atoms with E-state index in [0.29, 0.717) is 6.04 Å². The number of nitrogens with one attached hydrogen (secondary N) is 1. The molecule has 1 heterocycles. The number of hydrogen-bond donors (Lipinski definition) is 1. The van der Waals surface area contributed by atoms with E-state index in [1.807, 2.05) is 12.3 Å². The summed E-state index contributed by atoms with van der Waals surface area (Å²) in [6.45, 7) is 7.23. The highest BCUT2D eigenvalue weighted by atomic mass is 14.9. The molecule has 0 radical (unpaired) electrons. The van der Waals surface area contributed by atoms with Crippen molar-refractivity contribution in [2.24, 2.45) is 0 Å². The van der Waals surface area contributed by atoms with Gasteiger partial charge in [0.2, 0.25) is 0 Å². The lowest BCUT2D eigenvalue weighted by Crippen LogP contribution is -2.22. The van der Waals surface area contributed by atoms with E-state index in [1.54, 1.807) is 0 Å². The van der Waals surface area contributed by atoms with Crippen LogP contribution in [0, 0.1) is 6.92 Å². The molecule has 1 aromatic heterocycles. The summed E-state index contributed by atoms with van der Waals surface area (Å²) in [5, 5.41) is 3.34. The molecule has 0 aliphatic carbocycles. The second-order valence-electron chi connectivity index (χ2n) is 3.30. The largest absolute Gasteiger partial charge is 0.309 e. The van der Waals surface area contributed by atoms with E-state index in [-0.39, 0.29) is 0 Å². The Bertz CT molecular complexity index is 243. The van der Waals surface area contributed by atoms with Crippen LogP contribution in [0.4, 0.5) is 0 Å². The number of hydrogen-bond acceptors (Lipinski definition) is 2. The fraction of sp³-hybridized carbons (Fsp3) is 0.500. The summed E-state index contributed by atoms with van der Waals surface area (Å²) < 4.78 is 0. The van der Waals surface area contributed by atoms with Crippen LogP contribution in [-0.4, -0.2) is 11.0 Å². The Morgan fingerprint density at radius 3 is 2.83 bits per heavy atom. The van der Waals surface area contributed by atoms with Crippen molar-refractivity contribution in [1.82, 2.24) is 10.3 Å². The van der Waals surface area contributed by atoms with Crippen LogP contribution in [0.15, 0.2) is 18.3 Å². The van der Waals surface area contributed by atoms with Gasteiger partial charge in [-0.2, -0.15) is 0 Å². The van der Waals surface area contributed by atoms with Gasteiger partial charge in [0.05, 0.1) is 5.69 Å². The van der Waals surface area contributed by atoms with Crippen LogP contribution in [0.3, 0.4) is 0 Å². The van der Waals surface area contributed by atoms with Crippen molar-refractivity contribution in [3.05, 3.63) is 29.6 Å². The molecule has 0 aliphatic heterocycles. The first-order chi connectivity index (χ1) is 5.70. The predicted octanol–water partition coefficient (Wildman–Crippen LogP) is 1.89. The molecule has 1 aromatic rings. The van der Waals surface area contributed by atoms with E-state index in [2.05, 4.69) is 37.1 Å². The molecule has 12 heavy (non-hydrogen) atoms. The van der Waals surface area contributed by atoms with Crippen molar-refractivity contribution in [3.63, 3.8) is 0 Å². The van der Waals surface area contributed by atoms with Crippen molar-refractivity contribution in [2.75, 3.05) is 0 Å². The van der Waals surface area contributed by atoms with Crippen molar-refractivity contribution < 1.29 is 0 Å². The lowest BCUT2D eigenvalue weighted by Gasteiger charge is -2.08. The van der Waals surface area contributed by atoms with Crippen LogP contribution >= 0.6 is 0 Å². The third kappa shape index (κ3) is 2.62. The van der Waals surface area contributed by atoms with Gasteiger partial charge in [0.1, 0.15) is 0 Å². The normalized spacial score (nSPS) is 10.7. The summed E-state index contributed by atoms with van der Waals surface area (Å²) in [7, 11) is 0. The standard InChI is InChI=1S/C10H16N2/c1-8(2)12-7-10-9(3)5-4-6-11-10/h4-6,8,12H,7H2,1-3H3. The molecule has 0 unspecified atom stereocenters. The minimum absolute atomic E-state index is 0.520. The summed E-state index contributed by atoms with van der Waals surface area (Å²) in [5.74, 6) is 0. The lowest BCUT2D eigenvalue weighted by atomic mass is 10.2. The van der Waals surface area contributed by atoms with Crippen molar-refractivity contribution >= 4 is 0 Å². The zero-order chi connectivity index (χ0) is 8.97. The highest BCUT2D eigenvalue weighted by Crippen LogP contribution is 2.02. The van der Waals surface area contributed by atoms with E-state index >= 15 is 0 Å². The van der Waals surface area contributed by atoms with Gasteiger partial charge in [-0.25, -0.2) is 0 Å². The van der Waals surface area contributed by atoms with E-state index in [1.165, 1.54) is 5.56 Å². The first-order valence-electron chi connectivity index (χ1n) is 4.34. The van der Waals surface area contributed by atoms with Gasteiger partial charge in [-0.3, -0.25) is 4.98 Å². The van der Waals surface area contributed by atoms with Crippen LogP contribution in [0.1, 0.15) is 25.1 Å². The molecule has 0 bridgehead atoms. The maximum atomic E-state index is 4.29. The van der Waals surface area contributed by atoms with Gasteiger partial charge in [0, 0.05) is 18.8 Å². The monoisotopic (exact) mass is 164 g/mol.